The molecule has 29 heavy (non-hydrogen) atoms. The van der Waals surface area contributed by atoms with Crippen LogP contribution in [0.5, 0.6) is 5.75 Å². The third kappa shape index (κ3) is 4.97. The first-order chi connectivity index (χ1) is 13.6. The van der Waals surface area contributed by atoms with Crippen molar-refractivity contribution in [3.63, 3.8) is 0 Å². The lowest BCUT2D eigenvalue weighted by atomic mass is 10.0. The Hall–Kier alpha value is -4.15. The number of hydrogen-bond donors (Lipinski definition) is 3. The molecule has 2 aromatic rings. The number of aliphatic hydroxyl groups is 1. The highest BCUT2D eigenvalue weighted by molar-refractivity contribution is 6.65. The molecule has 0 atom stereocenters. The van der Waals surface area contributed by atoms with E-state index >= 15 is 0 Å². The quantitative estimate of drug-likeness (QED) is 0.195. The third-order valence-electron chi connectivity index (χ3n) is 3.46. The molecular weight excluding hydrogens is 396 g/mol. The number of carboxylic acid groups (broad SMARTS) is 2. The van der Waals surface area contributed by atoms with Gasteiger partial charge in [0.25, 0.3) is 0 Å². The molecule has 1 aromatic carbocycles. The monoisotopic (exact) mass is 407 g/mol. The Morgan fingerprint density at radius 3 is 2.24 bits per heavy atom. The molecule has 3 N–H and O–H groups in total. The van der Waals surface area contributed by atoms with E-state index in [-0.39, 0.29) is 17.0 Å². The summed E-state index contributed by atoms with van der Waals surface area (Å²) < 4.78 is 33.4. The zero-order valence-corrected chi connectivity index (χ0v) is 14.3. The van der Waals surface area contributed by atoms with Crippen molar-refractivity contribution in [1.82, 2.24) is 4.98 Å². The van der Waals surface area contributed by atoms with Crippen molar-refractivity contribution in [2.45, 2.75) is 6.61 Å². The number of rotatable bonds is 8. The van der Waals surface area contributed by atoms with Gasteiger partial charge in [-0.3, -0.25) is 14.6 Å². The average Bonchev–Trinajstić information content (AvgIpc) is 2.67. The maximum Gasteiger partial charge on any atom is 0.380 e. The van der Waals surface area contributed by atoms with E-state index < -0.39 is 53.1 Å². The fourth-order valence-corrected chi connectivity index (χ4v) is 2.05. The van der Waals surface area contributed by atoms with E-state index in [1.54, 1.807) is 0 Å². The van der Waals surface area contributed by atoms with Gasteiger partial charge < -0.3 is 20.1 Å². The molecule has 0 amide bonds. The molecule has 0 spiro atoms. The van der Waals surface area contributed by atoms with Gasteiger partial charge in [0, 0.05) is 11.6 Å². The number of ketones is 2. The van der Waals surface area contributed by atoms with Gasteiger partial charge in [-0.2, -0.15) is 0 Å². The van der Waals surface area contributed by atoms with Gasteiger partial charge in [-0.15, -0.1) is 0 Å². The normalized spacial score (nSPS) is 11.0. The van der Waals surface area contributed by atoms with E-state index in [0.29, 0.717) is 6.07 Å². The molecule has 0 saturated heterocycles. The van der Waals surface area contributed by atoms with Crippen molar-refractivity contribution in [2.24, 2.45) is 0 Å². The highest BCUT2D eigenvalue weighted by Crippen LogP contribution is 2.20. The molecule has 0 fully saturated rings. The number of aliphatic hydroxyl groups excluding tert-OH is 1. The minimum Gasteiger partial charge on any atom is -0.502 e. The van der Waals surface area contributed by atoms with Crippen LogP contribution in [0.1, 0.15) is 21.6 Å². The van der Waals surface area contributed by atoms with Crippen LogP contribution in [-0.2, 0) is 21.0 Å². The van der Waals surface area contributed by atoms with Gasteiger partial charge in [-0.05, 0) is 24.3 Å². The molecule has 0 bridgehead atoms. The topological polar surface area (TPSA) is 151 Å². The molecule has 150 valence electrons. The Bertz CT molecular complexity index is 1030. The number of carbonyl (C=O) groups excluding carboxylic acids is 2. The fraction of sp³-hybridized carbons (Fsp3) is 0.0556. The van der Waals surface area contributed by atoms with Crippen molar-refractivity contribution in [3.8, 4) is 5.75 Å². The number of aromatic nitrogens is 1. The van der Waals surface area contributed by atoms with Gasteiger partial charge in [0.15, 0.2) is 0 Å². The van der Waals surface area contributed by atoms with Crippen molar-refractivity contribution in [1.29, 1.82) is 0 Å². The smallest absolute Gasteiger partial charge is 0.380 e. The van der Waals surface area contributed by atoms with Crippen LogP contribution in [0.4, 0.5) is 8.78 Å². The summed E-state index contributed by atoms with van der Waals surface area (Å²) >= 11 is 0. The predicted octanol–water partition coefficient (Wildman–Crippen LogP) is 1.76. The molecule has 0 aliphatic rings. The minimum absolute atomic E-state index is 0.0789. The summed E-state index contributed by atoms with van der Waals surface area (Å²) in [5.41, 5.74) is -1.55. The molecule has 1 heterocycles. The molecule has 2 rings (SSSR count). The highest BCUT2D eigenvalue weighted by Gasteiger charge is 2.30. The number of hydrogen-bond acceptors (Lipinski definition) is 7. The van der Waals surface area contributed by atoms with Crippen LogP contribution in [-0.4, -0.2) is 43.8 Å². The standard InChI is InChI=1S/C18H11F2NO8/c19-11-4-1-8(14(20)13(11)15(23)16(24)18(27)28)7-29-10-3-2-9(21-6-10)5-12(22)17(25)26/h1-6,22H,7H2,(H,25,26)(H,27,28). The van der Waals surface area contributed by atoms with E-state index in [9.17, 15) is 28.0 Å². The highest BCUT2D eigenvalue weighted by atomic mass is 19.1. The number of ether oxygens (including phenoxy) is 1. The number of aliphatic carboxylic acids is 2. The van der Waals surface area contributed by atoms with E-state index in [2.05, 4.69) is 4.98 Å². The molecule has 9 nitrogen and oxygen atoms in total. The number of benzene rings is 1. The first kappa shape index (κ1) is 21.2. The zero-order chi connectivity index (χ0) is 21.7. The van der Waals surface area contributed by atoms with Crippen molar-refractivity contribution >= 4 is 29.6 Å². The maximum absolute atomic E-state index is 14.4. The van der Waals surface area contributed by atoms with E-state index in [1.165, 1.54) is 12.1 Å². The second-order valence-electron chi connectivity index (χ2n) is 5.40. The van der Waals surface area contributed by atoms with Gasteiger partial charge in [0.05, 0.1) is 17.5 Å². The summed E-state index contributed by atoms with van der Waals surface area (Å²) in [5.74, 6) is -11.2. The molecule has 0 aliphatic heterocycles. The van der Waals surface area contributed by atoms with Crippen LogP contribution >= 0.6 is 0 Å². The number of halogens is 2. The molecular formula is C18H11F2NO8. The average molecular weight is 407 g/mol. The zero-order valence-electron chi connectivity index (χ0n) is 14.3. The van der Waals surface area contributed by atoms with Gasteiger partial charge >= 0.3 is 17.7 Å². The minimum atomic E-state index is -2.15. The second-order valence-corrected chi connectivity index (χ2v) is 5.40. The summed E-state index contributed by atoms with van der Waals surface area (Å²) in [4.78, 5) is 47.8. The first-order valence-corrected chi connectivity index (χ1v) is 7.63. The lowest BCUT2D eigenvalue weighted by Gasteiger charge is -2.10. The summed E-state index contributed by atoms with van der Waals surface area (Å²) in [7, 11) is 0. The van der Waals surface area contributed by atoms with E-state index in [4.69, 9.17) is 20.1 Å². The van der Waals surface area contributed by atoms with Crippen molar-refractivity contribution in [3.05, 3.63) is 64.7 Å². The predicted molar refractivity (Wildman–Crippen MR) is 90.1 cm³/mol. The van der Waals surface area contributed by atoms with Crippen LogP contribution in [0.3, 0.4) is 0 Å². The molecule has 0 saturated carbocycles. The van der Waals surface area contributed by atoms with Crippen LogP contribution in [0.25, 0.3) is 6.08 Å². The number of Topliss-reactive ketones (excluding diaryl/α,β-unsaturated/α-hetero) is 2. The summed E-state index contributed by atoms with van der Waals surface area (Å²) in [6, 6.07) is 4.23. The third-order valence-corrected chi connectivity index (χ3v) is 3.46. The lowest BCUT2D eigenvalue weighted by Crippen LogP contribution is -2.25. The van der Waals surface area contributed by atoms with Gasteiger partial charge in [-0.25, -0.2) is 18.4 Å². The summed E-state index contributed by atoms with van der Waals surface area (Å²) in [6.07, 6.45) is 2.01. The Morgan fingerprint density at radius 1 is 1.00 bits per heavy atom. The first-order valence-electron chi connectivity index (χ1n) is 7.63. The van der Waals surface area contributed by atoms with Gasteiger partial charge in [0.1, 0.15) is 24.0 Å². The summed E-state index contributed by atoms with van der Waals surface area (Å²) in [5, 5.41) is 26.2. The van der Waals surface area contributed by atoms with Crippen LogP contribution in [0.2, 0.25) is 0 Å². The Labute approximate surface area is 160 Å². The van der Waals surface area contributed by atoms with Crippen LogP contribution in [0.15, 0.2) is 36.2 Å². The number of carbonyl (C=O) groups is 4. The van der Waals surface area contributed by atoms with Gasteiger partial charge in [0.2, 0.25) is 11.5 Å². The van der Waals surface area contributed by atoms with Gasteiger partial charge in [-0.1, -0.05) is 0 Å². The Balaban J connectivity index is 2.19. The Kier molecular flexibility index (Phi) is 6.34. The summed E-state index contributed by atoms with van der Waals surface area (Å²) in [6.45, 7) is -0.523. The molecule has 11 heteroatoms. The number of carboxylic acids is 2. The number of nitrogens with zero attached hydrogens (tertiary/aromatic N) is 1. The maximum atomic E-state index is 14.4. The van der Waals surface area contributed by atoms with E-state index in [0.717, 1.165) is 18.3 Å². The SMILES string of the molecule is O=C(O)C(=O)C(=O)c1c(F)ccc(COc2ccc(C=C(O)C(=O)O)nc2)c1F. The van der Waals surface area contributed by atoms with Crippen molar-refractivity contribution < 1.29 is 48.0 Å². The molecule has 0 radical (unpaired) electrons. The second kappa shape index (κ2) is 8.69. The molecule has 0 aliphatic carbocycles. The Morgan fingerprint density at radius 2 is 1.69 bits per heavy atom. The van der Waals surface area contributed by atoms with E-state index in [1.807, 2.05) is 0 Å². The number of pyridine rings is 1. The van der Waals surface area contributed by atoms with Crippen molar-refractivity contribution in [2.75, 3.05) is 0 Å². The largest absolute Gasteiger partial charge is 0.502 e. The molecule has 1 aromatic heterocycles. The van der Waals surface area contributed by atoms with Crippen LogP contribution in [0, 0.1) is 11.6 Å². The lowest BCUT2D eigenvalue weighted by molar-refractivity contribution is -0.146. The molecule has 0 unspecified atom stereocenters. The fourth-order valence-electron chi connectivity index (χ4n) is 2.05. The van der Waals surface area contributed by atoms with Crippen LogP contribution < -0.4 is 4.74 Å².